The van der Waals surface area contributed by atoms with Crippen LogP contribution < -0.4 is 10.6 Å². The van der Waals surface area contributed by atoms with E-state index in [0.717, 1.165) is 0 Å². The van der Waals surface area contributed by atoms with E-state index in [4.69, 9.17) is 5.11 Å². The molecule has 0 saturated heterocycles. The van der Waals surface area contributed by atoms with Gasteiger partial charge in [-0.3, -0.25) is 9.59 Å². The number of carboxylic acids is 1. The van der Waals surface area contributed by atoms with Gasteiger partial charge in [0.25, 0.3) is 5.91 Å². The van der Waals surface area contributed by atoms with E-state index >= 15 is 0 Å². The molecule has 0 heterocycles. The van der Waals surface area contributed by atoms with Crippen molar-refractivity contribution in [2.24, 2.45) is 0 Å². The van der Waals surface area contributed by atoms with Crippen LogP contribution in [-0.2, 0) is 9.59 Å². The molecule has 1 atom stereocenters. The second kappa shape index (κ2) is 8.41. The van der Waals surface area contributed by atoms with Crippen molar-refractivity contribution in [3.8, 4) is 0 Å². The summed E-state index contributed by atoms with van der Waals surface area (Å²) < 4.78 is 0.623. The normalized spacial score (nSPS) is 11.5. The van der Waals surface area contributed by atoms with Crippen molar-refractivity contribution < 1.29 is 19.5 Å². The van der Waals surface area contributed by atoms with Crippen LogP contribution in [0, 0.1) is 0 Å². The van der Waals surface area contributed by atoms with E-state index in [1.165, 1.54) is 0 Å². The third-order valence-corrected chi connectivity index (χ3v) is 3.43. The maximum Gasteiger partial charge on any atom is 0.326 e. The first-order valence-corrected chi connectivity index (χ1v) is 7.30. The zero-order chi connectivity index (χ0) is 15.8. The summed E-state index contributed by atoms with van der Waals surface area (Å²) in [7, 11) is 0. The predicted octanol–water partition coefficient (Wildman–Crippen LogP) is 1.55. The molecule has 7 heteroatoms. The smallest absolute Gasteiger partial charge is 0.326 e. The molecule has 0 aliphatic carbocycles. The minimum absolute atomic E-state index is 0.270. The quantitative estimate of drug-likeness (QED) is 0.690. The van der Waals surface area contributed by atoms with Crippen LogP contribution in [0.15, 0.2) is 28.7 Å². The van der Waals surface area contributed by atoms with Crippen LogP contribution in [0.3, 0.4) is 0 Å². The number of halogens is 1. The van der Waals surface area contributed by atoms with Gasteiger partial charge in [0, 0.05) is 4.47 Å². The Morgan fingerprint density at radius 1 is 1.29 bits per heavy atom. The third-order valence-electron chi connectivity index (χ3n) is 2.74. The summed E-state index contributed by atoms with van der Waals surface area (Å²) in [6.45, 7) is 1.56. The van der Waals surface area contributed by atoms with Crippen molar-refractivity contribution in [1.82, 2.24) is 10.6 Å². The molecule has 1 aromatic carbocycles. The fourth-order valence-corrected chi connectivity index (χ4v) is 2.16. The van der Waals surface area contributed by atoms with Crippen LogP contribution in [0.25, 0.3) is 0 Å². The SMILES string of the molecule is CCC[C@@H](NC(=O)CNC(=O)c1ccccc1Br)C(=O)O. The van der Waals surface area contributed by atoms with Gasteiger partial charge in [-0.25, -0.2) is 4.79 Å². The Labute approximate surface area is 131 Å². The molecule has 0 saturated carbocycles. The van der Waals surface area contributed by atoms with Crippen LogP contribution in [-0.4, -0.2) is 35.5 Å². The molecule has 1 aromatic rings. The van der Waals surface area contributed by atoms with Gasteiger partial charge < -0.3 is 15.7 Å². The Hall–Kier alpha value is -1.89. The second-order valence-electron chi connectivity index (χ2n) is 4.41. The van der Waals surface area contributed by atoms with E-state index < -0.39 is 23.8 Å². The number of aliphatic carboxylic acids is 1. The van der Waals surface area contributed by atoms with Gasteiger partial charge in [0.2, 0.25) is 5.91 Å². The average molecular weight is 357 g/mol. The molecule has 0 aromatic heterocycles. The Balaban J connectivity index is 2.51. The minimum atomic E-state index is -1.08. The number of benzene rings is 1. The van der Waals surface area contributed by atoms with E-state index in [1.54, 1.807) is 24.3 Å². The van der Waals surface area contributed by atoms with E-state index in [-0.39, 0.29) is 6.54 Å². The monoisotopic (exact) mass is 356 g/mol. The molecule has 0 bridgehead atoms. The average Bonchev–Trinajstić information content (AvgIpc) is 2.44. The predicted molar refractivity (Wildman–Crippen MR) is 80.9 cm³/mol. The Bertz CT molecular complexity index is 533. The topological polar surface area (TPSA) is 95.5 Å². The number of nitrogens with one attached hydrogen (secondary N) is 2. The summed E-state index contributed by atoms with van der Waals surface area (Å²) in [6, 6.07) is 5.89. The number of hydrogen-bond acceptors (Lipinski definition) is 3. The molecule has 2 amide bonds. The lowest BCUT2D eigenvalue weighted by atomic mass is 10.1. The van der Waals surface area contributed by atoms with E-state index in [1.807, 2.05) is 6.92 Å². The molecule has 0 aliphatic heterocycles. The highest BCUT2D eigenvalue weighted by molar-refractivity contribution is 9.10. The number of carbonyl (C=O) groups is 3. The first kappa shape index (κ1) is 17.2. The van der Waals surface area contributed by atoms with Gasteiger partial charge in [-0.05, 0) is 34.5 Å². The molecule has 21 heavy (non-hydrogen) atoms. The summed E-state index contributed by atoms with van der Waals surface area (Å²) in [5.41, 5.74) is 0.411. The molecule has 0 aliphatic rings. The molecule has 3 N–H and O–H groups in total. The van der Waals surface area contributed by atoms with Gasteiger partial charge in [-0.2, -0.15) is 0 Å². The van der Waals surface area contributed by atoms with Crippen LogP contribution in [0.1, 0.15) is 30.1 Å². The lowest BCUT2D eigenvalue weighted by Crippen LogP contribution is -2.45. The fourth-order valence-electron chi connectivity index (χ4n) is 1.69. The largest absolute Gasteiger partial charge is 0.480 e. The van der Waals surface area contributed by atoms with Crippen molar-refractivity contribution >= 4 is 33.7 Å². The molecule has 114 valence electrons. The minimum Gasteiger partial charge on any atom is -0.480 e. The summed E-state index contributed by atoms with van der Waals surface area (Å²) in [5, 5.41) is 13.8. The zero-order valence-corrected chi connectivity index (χ0v) is 13.1. The number of rotatable bonds is 7. The summed E-state index contributed by atoms with van der Waals surface area (Å²) in [4.78, 5) is 34.5. The Morgan fingerprint density at radius 3 is 2.52 bits per heavy atom. The van der Waals surface area contributed by atoms with Gasteiger partial charge in [0.05, 0.1) is 12.1 Å². The highest BCUT2D eigenvalue weighted by atomic mass is 79.9. The summed E-state index contributed by atoms with van der Waals surface area (Å²) in [6.07, 6.45) is 0.986. The number of carboxylic acid groups (broad SMARTS) is 1. The number of carbonyl (C=O) groups excluding carboxylic acids is 2. The molecule has 6 nitrogen and oxygen atoms in total. The maximum atomic E-state index is 11.9. The van der Waals surface area contributed by atoms with E-state index in [0.29, 0.717) is 22.9 Å². The highest BCUT2D eigenvalue weighted by Gasteiger charge is 2.19. The van der Waals surface area contributed by atoms with E-state index in [2.05, 4.69) is 26.6 Å². The van der Waals surface area contributed by atoms with Crippen molar-refractivity contribution in [3.05, 3.63) is 34.3 Å². The van der Waals surface area contributed by atoms with Crippen LogP contribution in [0.5, 0.6) is 0 Å². The van der Waals surface area contributed by atoms with Gasteiger partial charge in [-0.15, -0.1) is 0 Å². The van der Waals surface area contributed by atoms with Gasteiger partial charge in [0.1, 0.15) is 6.04 Å². The molecule has 0 radical (unpaired) electrons. The fraction of sp³-hybridized carbons (Fsp3) is 0.357. The summed E-state index contributed by atoms with van der Waals surface area (Å²) in [5.74, 6) is -2.02. The van der Waals surface area contributed by atoms with Gasteiger partial charge >= 0.3 is 5.97 Å². The lowest BCUT2D eigenvalue weighted by molar-refractivity contribution is -0.141. The number of hydrogen-bond donors (Lipinski definition) is 3. The van der Waals surface area contributed by atoms with Crippen LogP contribution in [0.4, 0.5) is 0 Å². The van der Waals surface area contributed by atoms with Gasteiger partial charge in [-0.1, -0.05) is 25.5 Å². The first-order chi connectivity index (χ1) is 9.95. The first-order valence-electron chi connectivity index (χ1n) is 6.50. The Morgan fingerprint density at radius 2 is 1.95 bits per heavy atom. The lowest BCUT2D eigenvalue weighted by Gasteiger charge is -2.14. The zero-order valence-electron chi connectivity index (χ0n) is 11.6. The second-order valence-corrected chi connectivity index (χ2v) is 5.26. The van der Waals surface area contributed by atoms with Crippen LogP contribution in [0.2, 0.25) is 0 Å². The van der Waals surface area contributed by atoms with Crippen molar-refractivity contribution in [2.45, 2.75) is 25.8 Å². The van der Waals surface area contributed by atoms with Crippen LogP contribution >= 0.6 is 15.9 Å². The van der Waals surface area contributed by atoms with Crippen molar-refractivity contribution in [2.75, 3.05) is 6.54 Å². The van der Waals surface area contributed by atoms with Crippen molar-refractivity contribution in [3.63, 3.8) is 0 Å². The molecular formula is C14H17BrN2O4. The van der Waals surface area contributed by atoms with Gasteiger partial charge in [0.15, 0.2) is 0 Å². The molecular weight excluding hydrogens is 340 g/mol. The van der Waals surface area contributed by atoms with E-state index in [9.17, 15) is 14.4 Å². The molecule has 0 spiro atoms. The standard InChI is InChI=1S/C14H17BrN2O4/c1-2-5-11(14(20)21)17-12(18)8-16-13(19)9-6-3-4-7-10(9)15/h3-4,6-7,11H,2,5,8H2,1H3,(H,16,19)(H,17,18)(H,20,21)/t11-/m1/s1. The summed E-state index contributed by atoms with van der Waals surface area (Å²) >= 11 is 3.24. The highest BCUT2D eigenvalue weighted by Crippen LogP contribution is 2.15. The molecule has 1 rings (SSSR count). The molecule has 0 fully saturated rings. The Kier molecular flexibility index (Phi) is 6.87. The molecule has 0 unspecified atom stereocenters. The maximum absolute atomic E-state index is 11.9. The third kappa shape index (κ3) is 5.55. The van der Waals surface area contributed by atoms with Crippen molar-refractivity contribution in [1.29, 1.82) is 0 Å². The number of amides is 2.